The second-order valence-corrected chi connectivity index (χ2v) is 6.32. The molecule has 0 saturated carbocycles. The molecule has 2 aromatic carbocycles. The summed E-state index contributed by atoms with van der Waals surface area (Å²) < 4.78 is 19.5. The Bertz CT molecular complexity index is 872. The molecular formula is C21H18FNO2. The average Bonchev–Trinajstić information content (AvgIpc) is 3.01. The average molecular weight is 335 g/mol. The third-order valence-electron chi connectivity index (χ3n) is 4.74. The molecule has 1 amide bonds. The lowest BCUT2D eigenvalue weighted by molar-refractivity contribution is -0.125. The molecule has 2 aliphatic rings. The van der Waals surface area contributed by atoms with E-state index in [-0.39, 0.29) is 17.6 Å². The van der Waals surface area contributed by atoms with Gasteiger partial charge in [0.05, 0.1) is 6.26 Å². The molecule has 4 heteroatoms. The number of rotatable bonds is 2. The van der Waals surface area contributed by atoms with Gasteiger partial charge in [-0.25, -0.2) is 4.39 Å². The quantitative estimate of drug-likeness (QED) is 0.826. The van der Waals surface area contributed by atoms with Crippen LogP contribution < -0.4 is 4.74 Å². The van der Waals surface area contributed by atoms with E-state index in [1.54, 1.807) is 23.3 Å². The first-order valence-electron chi connectivity index (χ1n) is 8.40. The summed E-state index contributed by atoms with van der Waals surface area (Å²) in [4.78, 5) is 14.7. The van der Waals surface area contributed by atoms with Crippen LogP contribution in [-0.2, 0) is 4.79 Å². The highest BCUT2D eigenvalue weighted by molar-refractivity contribution is 6.01. The molecule has 126 valence electrons. The molecule has 0 bridgehead atoms. The number of halogens is 1. The Balaban J connectivity index is 1.54. The summed E-state index contributed by atoms with van der Waals surface area (Å²) in [5.41, 5.74) is 2.15. The first-order chi connectivity index (χ1) is 12.2. The van der Waals surface area contributed by atoms with Crippen LogP contribution in [0.5, 0.6) is 5.75 Å². The fourth-order valence-corrected chi connectivity index (χ4v) is 3.42. The van der Waals surface area contributed by atoms with E-state index in [2.05, 4.69) is 0 Å². The molecule has 0 aromatic heterocycles. The number of fused-ring (bicyclic) bond motifs is 1. The number of hydrogen-bond acceptors (Lipinski definition) is 2. The number of carbonyl (C=O) groups excluding carboxylic acids is 1. The fourth-order valence-electron chi connectivity index (χ4n) is 3.42. The Kier molecular flexibility index (Phi) is 4.10. The first-order valence-corrected chi connectivity index (χ1v) is 8.40. The Labute approximate surface area is 146 Å². The molecule has 2 heterocycles. The number of nitrogens with zero attached hydrogens (tertiary/aromatic N) is 1. The molecule has 0 unspecified atom stereocenters. The van der Waals surface area contributed by atoms with Crippen LogP contribution in [0.3, 0.4) is 0 Å². The number of hydrogen-bond donors (Lipinski definition) is 0. The normalized spacial score (nSPS) is 19.0. The highest BCUT2D eigenvalue weighted by atomic mass is 19.1. The van der Waals surface area contributed by atoms with Gasteiger partial charge in [-0.3, -0.25) is 4.79 Å². The van der Waals surface area contributed by atoms with Crippen molar-refractivity contribution in [1.29, 1.82) is 0 Å². The van der Waals surface area contributed by atoms with Crippen molar-refractivity contribution in [3.63, 3.8) is 0 Å². The van der Waals surface area contributed by atoms with Crippen LogP contribution in [-0.4, -0.2) is 23.9 Å². The molecule has 0 radical (unpaired) electrons. The molecule has 0 aliphatic carbocycles. The molecule has 2 aliphatic heterocycles. The zero-order valence-corrected chi connectivity index (χ0v) is 13.7. The van der Waals surface area contributed by atoms with Crippen LogP contribution in [0.25, 0.3) is 6.08 Å². The largest absolute Gasteiger partial charge is 0.464 e. The maximum atomic E-state index is 14.0. The van der Waals surface area contributed by atoms with E-state index in [0.29, 0.717) is 24.2 Å². The van der Waals surface area contributed by atoms with Crippen molar-refractivity contribution in [2.45, 2.75) is 12.3 Å². The molecule has 0 N–H and O–H groups in total. The van der Waals surface area contributed by atoms with Gasteiger partial charge in [-0.2, -0.15) is 0 Å². The third kappa shape index (κ3) is 3.07. The maximum absolute atomic E-state index is 14.0. The van der Waals surface area contributed by atoms with Gasteiger partial charge in [0.2, 0.25) is 0 Å². The van der Waals surface area contributed by atoms with Gasteiger partial charge >= 0.3 is 0 Å². The molecule has 3 nitrogen and oxygen atoms in total. The predicted molar refractivity (Wildman–Crippen MR) is 94.5 cm³/mol. The van der Waals surface area contributed by atoms with E-state index in [0.717, 1.165) is 17.7 Å². The minimum Gasteiger partial charge on any atom is -0.464 e. The van der Waals surface area contributed by atoms with Crippen molar-refractivity contribution in [2.24, 2.45) is 0 Å². The zero-order chi connectivity index (χ0) is 17.2. The number of benzene rings is 2. The minimum atomic E-state index is -0.197. The highest BCUT2D eigenvalue weighted by Crippen LogP contribution is 2.31. The van der Waals surface area contributed by atoms with Crippen molar-refractivity contribution in [3.05, 3.63) is 83.4 Å². The minimum absolute atomic E-state index is 0.0454. The van der Waals surface area contributed by atoms with Crippen molar-refractivity contribution in [1.82, 2.24) is 4.90 Å². The summed E-state index contributed by atoms with van der Waals surface area (Å²) in [6, 6.07) is 14.4. The van der Waals surface area contributed by atoms with Gasteiger partial charge in [0.15, 0.2) is 0 Å². The number of ether oxygens (including phenoxy) is 1. The van der Waals surface area contributed by atoms with Crippen LogP contribution in [0.1, 0.15) is 23.5 Å². The van der Waals surface area contributed by atoms with Gasteiger partial charge in [0, 0.05) is 30.1 Å². The first kappa shape index (κ1) is 15.6. The summed E-state index contributed by atoms with van der Waals surface area (Å²) >= 11 is 0. The third-order valence-corrected chi connectivity index (χ3v) is 4.74. The Morgan fingerprint density at radius 2 is 1.92 bits per heavy atom. The van der Waals surface area contributed by atoms with Crippen molar-refractivity contribution < 1.29 is 13.9 Å². The molecule has 4 rings (SSSR count). The summed E-state index contributed by atoms with van der Waals surface area (Å²) in [5.74, 6) is 0.532. The second kappa shape index (κ2) is 6.55. The summed E-state index contributed by atoms with van der Waals surface area (Å²) in [6.45, 7) is 1.17. The van der Waals surface area contributed by atoms with Crippen LogP contribution in [0.2, 0.25) is 0 Å². The lowest BCUT2D eigenvalue weighted by atomic mass is 9.98. The Hall–Kier alpha value is -2.88. The molecule has 25 heavy (non-hydrogen) atoms. The number of para-hydroxylation sites is 1. The summed E-state index contributed by atoms with van der Waals surface area (Å²) in [7, 11) is 0. The van der Waals surface area contributed by atoms with Crippen LogP contribution in [0, 0.1) is 5.82 Å². The second-order valence-electron chi connectivity index (χ2n) is 6.32. The van der Waals surface area contributed by atoms with Gasteiger partial charge in [-0.15, -0.1) is 0 Å². The van der Waals surface area contributed by atoms with Gasteiger partial charge in [-0.05, 0) is 36.3 Å². The molecule has 1 atom stereocenters. The number of carbonyl (C=O) groups is 1. The van der Waals surface area contributed by atoms with Crippen LogP contribution >= 0.6 is 0 Å². The van der Waals surface area contributed by atoms with E-state index in [9.17, 15) is 9.18 Å². The number of likely N-dealkylation sites (tertiary alicyclic amines) is 1. The van der Waals surface area contributed by atoms with Gasteiger partial charge < -0.3 is 9.64 Å². The molecule has 1 fully saturated rings. The van der Waals surface area contributed by atoms with Gasteiger partial charge in [0.1, 0.15) is 11.6 Å². The number of amides is 1. The Morgan fingerprint density at radius 3 is 2.80 bits per heavy atom. The Morgan fingerprint density at radius 1 is 1.12 bits per heavy atom. The van der Waals surface area contributed by atoms with E-state index < -0.39 is 0 Å². The summed E-state index contributed by atoms with van der Waals surface area (Å²) in [5, 5.41) is 0. The van der Waals surface area contributed by atoms with Crippen molar-refractivity contribution >= 4 is 12.0 Å². The van der Waals surface area contributed by atoms with E-state index in [1.807, 2.05) is 42.5 Å². The SMILES string of the molecule is O=C(C1=Cc2ccccc2OC=C1)N1CC[C@H](c2ccccc2F)C1. The van der Waals surface area contributed by atoms with Crippen LogP contribution in [0.15, 0.2) is 66.4 Å². The molecular weight excluding hydrogens is 317 g/mol. The van der Waals surface area contributed by atoms with Crippen molar-refractivity contribution in [2.75, 3.05) is 13.1 Å². The smallest absolute Gasteiger partial charge is 0.254 e. The molecule has 1 saturated heterocycles. The zero-order valence-electron chi connectivity index (χ0n) is 13.7. The van der Waals surface area contributed by atoms with Crippen LogP contribution in [0.4, 0.5) is 4.39 Å². The molecule has 0 spiro atoms. The molecule has 2 aromatic rings. The standard InChI is InChI=1S/C21H18FNO2/c22-19-7-3-2-6-18(19)17-9-11-23(14-17)21(24)16-10-12-25-20-8-4-1-5-15(20)13-16/h1-8,10,12-13,17H,9,11,14H2/t17-/m0/s1. The van der Waals surface area contributed by atoms with Gasteiger partial charge in [-0.1, -0.05) is 36.4 Å². The fraction of sp³-hybridized carbons (Fsp3) is 0.190. The lowest BCUT2D eigenvalue weighted by Crippen LogP contribution is -2.29. The maximum Gasteiger partial charge on any atom is 0.254 e. The van der Waals surface area contributed by atoms with E-state index in [1.165, 1.54) is 6.07 Å². The topological polar surface area (TPSA) is 29.5 Å². The van der Waals surface area contributed by atoms with Gasteiger partial charge in [0.25, 0.3) is 5.91 Å². The van der Waals surface area contributed by atoms with E-state index >= 15 is 0 Å². The monoisotopic (exact) mass is 335 g/mol. The van der Waals surface area contributed by atoms with Crippen molar-refractivity contribution in [3.8, 4) is 5.75 Å². The van der Waals surface area contributed by atoms with E-state index in [4.69, 9.17) is 4.74 Å². The lowest BCUT2D eigenvalue weighted by Gasteiger charge is -2.17. The highest BCUT2D eigenvalue weighted by Gasteiger charge is 2.30. The predicted octanol–water partition coefficient (Wildman–Crippen LogP) is 4.13. The summed E-state index contributed by atoms with van der Waals surface area (Å²) in [6.07, 6.45) is 5.85.